The van der Waals surface area contributed by atoms with Gasteiger partial charge in [-0.1, -0.05) is 54.6 Å². The van der Waals surface area contributed by atoms with Crippen molar-refractivity contribution in [2.24, 2.45) is 0 Å². The fourth-order valence-corrected chi connectivity index (χ4v) is 2.89. The molecule has 3 aromatic rings. The van der Waals surface area contributed by atoms with E-state index < -0.39 is 11.7 Å². The molecule has 4 nitrogen and oxygen atoms in total. The molecule has 0 aliphatic rings. The minimum absolute atomic E-state index is 0.458. The van der Waals surface area contributed by atoms with Crippen LogP contribution in [0.2, 0.25) is 0 Å². The zero-order valence-corrected chi connectivity index (χ0v) is 16.2. The van der Waals surface area contributed by atoms with E-state index in [1.165, 1.54) is 0 Å². The molecule has 0 unspecified atom stereocenters. The van der Waals surface area contributed by atoms with Gasteiger partial charge in [0.05, 0.1) is 5.69 Å². The van der Waals surface area contributed by atoms with E-state index in [4.69, 9.17) is 9.47 Å². The number of hydrogen-bond acceptors (Lipinski definition) is 3. The SMILES string of the molecule is Cc1c(NC(=O)OC(C)(C)C)cc(OCc2ccccc2)c2ccccc12. The second kappa shape index (κ2) is 7.70. The van der Waals surface area contributed by atoms with Gasteiger partial charge in [0.25, 0.3) is 0 Å². The number of benzene rings is 3. The van der Waals surface area contributed by atoms with Crippen LogP contribution in [0, 0.1) is 6.92 Å². The number of rotatable bonds is 4. The fourth-order valence-electron chi connectivity index (χ4n) is 2.89. The lowest BCUT2D eigenvalue weighted by Crippen LogP contribution is -2.27. The molecule has 3 aromatic carbocycles. The summed E-state index contributed by atoms with van der Waals surface area (Å²) in [4.78, 5) is 12.2. The van der Waals surface area contributed by atoms with E-state index in [0.717, 1.165) is 27.6 Å². The van der Waals surface area contributed by atoms with E-state index in [9.17, 15) is 4.79 Å². The first-order valence-electron chi connectivity index (χ1n) is 9.02. The van der Waals surface area contributed by atoms with Gasteiger partial charge in [0.15, 0.2) is 0 Å². The van der Waals surface area contributed by atoms with Crippen molar-refractivity contribution >= 4 is 22.6 Å². The summed E-state index contributed by atoms with van der Waals surface area (Å²) in [6.07, 6.45) is -0.477. The molecule has 4 heteroatoms. The Hall–Kier alpha value is -3.01. The molecule has 0 bridgehead atoms. The molecule has 27 heavy (non-hydrogen) atoms. The number of ether oxygens (including phenoxy) is 2. The third-order valence-electron chi connectivity index (χ3n) is 4.15. The van der Waals surface area contributed by atoms with Gasteiger partial charge in [0.1, 0.15) is 18.0 Å². The van der Waals surface area contributed by atoms with Crippen molar-refractivity contribution < 1.29 is 14.3 Å². The smallest absolute Gasteiger partial charge is 0.412 e. The van der Waals surface area contributed by atoms with Gasteiger partial charge >= 0.3 is 6.09 Å². The number of hydrogen-bond donors (Lipinski definition) is 1. The minimum atomic E-state index is -0.554. The standard InChI is InChI=1S/C23H25NO3/c1-16-18-12-8-9-13-19(18)21(26-15-17-10-6-5-7-11-17)14-20(16)24-22(25)27-23(2,3)4/h5-14H,15H2,1-4H3,(H,24,25). The lowest BCUT2D eigenvalue weighted by molar-refractivity contribution is 0.0636. The number of anilines is 1. The molecule has 0 atom stereocenters. The van der Waals surface area contributed by atoms with Crippen molar-refractivity contribution in [1.82, 2.24) is 0 Å². The Labute approximate surface area is 160 Å². The highest BCUT2D eigenvalue weighted by molar-refractivity contribution is 5.98. The van der Waals surface area contributed by atoms with Crippen molar-refractivity contribution in [1.29, 1.82) is 0 Å². The van der Waals surface area contributed by atoms with Crippen LogP contribution in [0.3, 0.4) is 0 Å². The highest BCUT2D eigenvalue weighted by atomic mass is 16.6. The number of aryl methyl sites for hydroxylation is 1. The van der Waals surface area contributed by atoms with E-state index >= 15 is 0 Å². The number of fused-ring (bicyclic) bond motifs is 1. The molecule has 1 amide bonds. The normalized spacial score (nSPS) is 11.3. The summed E-state index contributed by atoms with van der Waals surface area (Å²) in [5.74, 6) is 0.728. The van der Waals surface area contributed by atoms with Crippen molar-refractivity contribution in [3.05, 3.63) is 71.8 Å². The second-order valence-electron chi connectivity index (χ2n) is 7.49. The Bertz CT molecular complexity index is 943. The molecule has 140 valence electrons. The van der Waals surface area contributed by atoms with Crippen molar-refractivity contribution in [2.45, 2.75) is 39.9 Å². The van der Waals surface area contributed by atoms with Crippen LogP contribution in [0.5, 0.6) is 5.75 Å². The van der Waals surface area contributed by atoms with Crippen LogP contribution in [-0.4, -0.2) is 11.7 Å². The van der Waals surface area contributed by atoms with Crippen molar-refractivity contribution in [3.63, 3.8) is 0 Å². The average Bonchev–Trinajstić information content (AvgIpc) is 2.62. The third kappa shape index (κ3) is 4.79. The summed E-state index contributed by atoms with van der Waals surface area (Å²) in [7, 11) is 0. The summed E-state index contributed by atoms with van der Waals surface area (Å²) < 4.78 is 11.5. The summed E-state index contributed by atoms with van der Waals surface area (Å²) in [5, 5.41) is 4.91. The number of amides is 1. The lowest BCUT2D eigenvalue weighted by atomic mass is 10.0. The Morgan fingerprint density at radius 1 is 0.963 bits per heavy atom. The van der Waals surface area contributed by atoms with Crippen LogP contribution < -0.4 is 10.1 Å². The predicted molar refractivity (Wildman–Crippen MR) is 109 cm³/mol. The first-order chi connectivity index (χ1) is 12.8. The van der Waals surface area contributed by atoms with E-state index in [1.54, 1.807) is 0 Å². The maximum atomic E-state index is 12.2. The molecule has 0 fully saturated rings. The van der Waals surface area contributed by atoms with Crippen molar-refractivity contribution in [3.8, 4) is 5.75 Å². The summed E-state index contributed by atoms with van der Waals surface area (Å²) in [5.41, 5.74) is 2.19. The van der Waals surface area contributed by atoms with Gasteiger partial charge in [-0.25, -0.2) is 4.79 Å². The largest absolute Gasteiger partial charge is 0.488 e. The van der Waals surface area contributed by atoms with Gasteiger partial charge in [-0.05, 0) is 44.2 Å². The Morgan fingerprint density at radius 3 is 2.26 bits per heavy atom. The Morgan fingerprint density at radius 2 is 1.59 bits per heavy atom. The second-order valence-corrected chi connectivity index (χ2v) is 7.49. The lowest BCUT2D eigenvalue weighted by Gasteiger charge is -2.21. The zero-order chi connectivity index (χ0) is 19.4. The van der Waals surface area contributed by atoms with Gasteiger partial charge in [0.2, 0.25) is 0 Å². The maximum Gasteiger partial charge on any atom is 0.412 e. The minimum Gasteiger partial charge on any atom is -0.488 e. The topological polar surface area (TPSA) is 47.6 Å². The van der Waals surface area contributed by atoms with E-state index in [-0.39, 0.29) is 0 Å². The van der Waals surface area contributed by atoms with E-state index in [1.807, 2.05) is 88.4 Å². The number of nitrogens with one attached hydrogen (secondary N) is 1. The average molecular weight is 363 g/mol. The molecule has 0 saturated heterocycles. The Balaban J connectivity index is 1.92. The molecular formula is C23H25NO3. The van der Waals surface area contributed by atoms with Gasteiger partial charge < -0.3 is 9.47 Å². The predicted octanol–water partition coefficient (Wildman–Crippen LogP) is 6.07. The third-order valence-corrected chi connectivity index (χ3v) is 4.15. The summed E-state index contributed by atoms with van der Waals surface area (Å²) in [6, 6.07) is 19.9. The Kier molecular flexibility index (Phi) is 5.36. The number of carbonyl (C=O) groups excluding carboxylic acids is 1. The highest BCUT2D eigenvalue weighted by Crippen LogP contribution is 2.34. The summed E-state index contributed by atoms with van der Waals surface area (Å²) >= 11 is 0. The van der Waals surface area contributed by atoms with Crippen LogP contribution in [-0.2, 0) is 11.3 Å². The first-order valence-corrected chi connectivity index (χ1v) is 9.02. The molecule has 0 aliphatic carbocycles. The van der Waals surface area contributed by atoms with Crippen LogP contribution in [0.25, 0.3) is 10.8 Å². The van der Waals surface area contributed by atoms with Gasteiger partial charge in [-0.3, -0.25) is 5.32 Å². The van der Waals surface area contributed by atoms with Crippen LogP contribution in [0.1, 0.15) is 31.9 Å². The first kappa shape index (κ1) is 18.8. The quantitative estimate of drug-likeness (QED) is 0.611. The maximum absolute atomic E-state index is 12.2. The monoisotopic (exact) mass is 363 g/mol. The van der Waals surface area contributed by atoms with Gasteiger partial charge in [0, 0.05) is 11.5 Å². The van der Waals surface area contributed by atoms with Crippen LogP contribution in [0.4, 0.5) is 10.5 Å². The molecule has 1 N–H and O–H groups in total. The van der Waals surface area contributed by atoms with E-state index in [2.05, 4.69) is 5.32 Å². The summed E-state index contributed by atoms with van der Waals surface area (Å²) in [6.45, 7) is 7.96. The highest BCUT2D eigenvalue weighted by Gasteiger charge is 2.18. The van der Waals surface area contributed by atoms with Crippen molar-refractivity contribution in [2.75, 3.05) is 5.32 Å². The molecule has 0 saturated carbocycles. The molecule has 0 heterocycles. The van der Waals surface area contributed by atoms with Crippen LogP contribution in [0.15, 0.2) is 60.7 Å². The molecular weight excluding hydrogens is 338 g/mol. The fraction of sp³-hybridized carbons (Fsp3) is 0.261. The molecule has 0 aromatic heterocycles. The molecule has 3 rings (SSSR count). The molecule has 0 aliphatic heterocycles. The number of carbonyl (C=O) groups is 1. The van der Waals surface area contributed by atoms with Gasteiger partial charge in [-0.2, -0.15) is 0 Å². The molecule has 0 radical (unpaired) electrons. The zero-order valence-electron chi connectivity index (χ0n) is 16.2. The van der Waals surface area contributed by atoms with Crippen LogP contribution >= 0.6 is 0 Å². The van der Waals surface area contributed by atoms with E-state index in [0.29, 0.717) is 12.3 Å². The molecule has 0 spiro atoms. The van der Waals surface area contributed by atoms with Gasteiger partial charge in [-0.15, -0.1) is 0 Å².